The molecule has 0 bridgehead atoms. The minimum absolute atomic E-state index is 0.0151. The number of nitrogens with one attached hydrogen (secondary N) is 6. The Morgan fingerprint density at radius 3 is 1.90 bits per heavy atom. The first-order valence-corrected chi connectivity index (χ1v) is 25.0. The maximum absolute atomic E-state index is 14.4. The van der Waals surface area contributed by atoms with Crippen LogP contribution < -0.4 is 60.6 Å². The summed E-state index contributed by atoms with van der Waals surface area (Å²) in [6.07, 6.45) is -1.38. The molecule has 2 aromatic carbocycles. The highest BCUT2D eigenvalue weighted by Gasteiger charge is 2.40. The SMILES string of the molecule is NC(=O)CCC1NC(=O)C(Cc2ccccc2)NC(=O)C(Cc2ccc(O)cc2)NC(=O)C(N)CSSCC(C(=O)N2CCCC2C(=O)NC(CCCN=C(N)N)C(=O)O)NC(=O)C(CC(N)=O)NC1=O. The quantitative estimate of drug-likeness (QED) is 0.0312. The zero-order valence-corrected chi connectivity index (χ0v) is 40.2. The Kier molecular flexibility index (Phi) is 22.2. The Morgan fingerprint density at radius 2 is 1.30 bits per heavy atom. The number of primary amides is 2. The summed E-state index contributed by atoms with van der Waals surface area (Å²) in [5.74, 6) is -10.2. The van der Waals surface area contributed by atoms with Gasteiger partial charge in [-0.05, 0) is 55.4 Å². The molecule has 0 saturated carbocycles. The second-order valence-corrected chi connectivity index (χ2v) is 19.3. The Bertz CT molecular complexity index is 2270. The number of amides is 9. The van der Waals surface area contributed by atoms with Gasteiger partial charge in [-0.15, -0.1) is 0 Å². The molecule has 2 aliphatic rings. The lowest BCUT2D eigenvalue weighted by Gasteiger charge is -2.30. The molecule has 0 aliphatic carbocycles. The van der Waals surface area contributed by atoms with Gasteiger partial charge in [0.1, 0.15) is 48.0 Å². The number of benzene rings is 2. The lowest BCUT2D eigenvalue weighted by atomic mass is 10.0. The highest BCUT2D eigenvalue weighted by molar-refractivity contribution is 8.76. The van der Waals surface area contributed by atoms with E-state index in [-0.39, 0.29) is 68.4 Å². The van der Waals surface area contributed by atoms with Crippen molar-refractivity contribution in [3.05, 3.63) is 65.7 Å². The van der Waals surface area contributed by atoms with Crippen LogP contribution in [0.25, 0.3) is 0 Å². The van der Waals surface area contributed by atoms with Crippen LogP contribution in [0.5, 0.6) is 5.75 Å². The highest BCUT2D eigenvalue weighted by Crippen LogP contribution is 2.26. The first-order chi connectivity index (χ1) is 33.7. The van der Waals surface area contributed by atoms with Crippen LogP contribution in [0, 0.1) is 0 Å². The number of nitrogens with two attached hydrogens (primary N) is 5. The first kappa shape index (κ1) is 56.5. The van der Waals surface area contributed by atoms with Gasteiger partial charge in [-0.2, -0.15) is 0 Å². The Labute approximate surface area is 416 Å². The number of phenolic OH excluding ortho intramolecular Hbond substituents is 1. The summed E-state index contributed by atoms with van der Waals surface area (Å²) >= 11 is 0. The Hall–Kier alpha value is -7.13. The van der Waals surface area contributed by atoms with Crippen molar-refractivity contribution in [2.24, 2.45) is 33.7 Å². The first-order valence-electron chi connectivity index (χ1n) is 22.5. The van der Waals surface area contributed by atoms with Gasteiger partial charge in [0.2, 0.25) is 53.2 Å². The molecule has 8 unspecified atom stereocenters. The number of carboxylic acids is 1. The fraction of sp³-hybridized carbons (Fsp3) is 0.477. The fourth-order valence-electron chi connectivity index (χ4n) is 7.49. The summed E-state index contributed by atoms with van der Waals surface area (Å²) in [7, 11) is 2.00. The van der Waals surface area contributed by atoms with Gasteiger partial charge < -0.3 is 75.7 Å². The molecular weight excluding hydrogens is 967 g/mol. The number of carbonyl (C=O) groups excluding carboxylic acids is 9. The Balaban J connectivity index is 1.70. The Morgan fingerprint density at radius 1 is 0.732 bits per heavy atom. The summed E-state index contributed by atoms with van der Waals surface area (Å²) in [6, 6.07) is 2.78. The summed E-state index contributed by atoms with van der Waals surface area (Å²) in [5.41, 5.74) is 29.0. The number of carboxylic acid groups (broad SMARTS) is 1. The molecule has 25 nitrogen and oxygen atoms in total. The van der Waals surface area contributed by atoms with Crippen molar-refractivity contribution in [3.8, 4) is 5.75 Å². The van der Waals surface area contributed by atoms with E-state index in [0.717, 1.165) is 21.6 Å². The van der Waals surface area contributed by atoms with Crippen LogP contribution in [0.1, 0.15) is 56.1 Å². The van der Waals surface area contributed by atoms with E-state index in [2.05, 4.69) is 36.9 Å². The van der Waals surface area contributed by atoms with Gasteiger partial charge in [-0.25, -0.2) is 4.79 Å². The maximum Gasteiger partial charge on any atom is 0.326 e. The second-order valence-electron chi connectivity index (χ2n) is 16.8. The molecule has 9 amide bonds. The van der Waals surface area contributed by atoms with E-state index in [1.807, 2.05) is 0 Å². The zero-order chi connectivity index (χ0) is 52.2. The van der Waals surface area contributed by atoms with E-state index in [9.17, 15) is 58.2 Å². The van der Waals surface area contributed by atoms with Gasteiger partial charge in [-0.1, -0.05) is 64.1 Å². The van der Waals surface area contributed by atoms with E-state index in [1.165, 1.54) is 29.2 Å². The van der Waals surface area contributed by atoms with E-state index in [1.54, 1.807) is 30.3 Å². The molecule has 27 heteroatoms. The van der Waals surface area contributed by atoms with Crippen LogP contribution in [0.15, 0.2) is 59.6 Å². The second kappa shape index (κ2) is 27.9. The molecule has 18 N–H and O–H groups in total. The van der Waals surface area contributed by atoms with Gasteiger partial charge in [0.25, 0.3) is 0 Å². The largest absolute Gasteiger partial charge is 0.508 e. The molecule has 2 saturated heterocycles. The van der Waals surface area contributed by atoms with Crippen LogP contribution in [-0.2, 0) is 60.8 Å². The number of guanidine groups is 1. The minimum Gasteiger partial charge on any atom is -0.508 e. The van der Waals surface area contributed by atoms with Crippen molar-refractivity contribution in [2.75, 3.05) is 24.6 Å². The molecule has 0 radical (unpaired) electrons. The normalized spacial score (nSPS) is 23.3. The summed E-state index contributed by atoms with van der Waals surface area (Å²) < 4.78 is 0. The third-order valence-corrected chi connectivity index (χ3v) is 13.6. The molecule has 2 aliphatic heterocycles. The van der Waals surface area contributed by atoms with Crippen molar-refractivity contribution in [1.29, 1.82) is 0 Å². The van der Waals surface area contributed by atoms with Crippen LogP contribution >= 0.6 is 21.6 Å². The number of carbonyl (C=O) groups is 10. The summed E-state index contributed by atoms with van der Waals surface area (Å²) in [4.78, 5) is 140. The van der Waals surface area contributed by atoms with Gasteiger partial charge in [0, 0.05) is 43.9 Å². The lowest BCUT2D eigenvalue weighted by molar-refractivity contribution is -0.145. The maximum atomic E-state index is 14.4. The molecule has 0 spiro atoms. The molecule has 0 aromatic heterocycles. The van der Waals surface area contributed by atoms with Gasteiger partial charge in [0.15, 0.2) is 5.96 Å². The number of phenols is 1. The number of rotatable bonds is 17. The van der Waals surface area contributed by atoms with Crippen LogP contribution in [0.4, 0.5) is 0 Å². The molecule has 4 rings (SSSR count). The predicted molar refractivity (Wildman–Crippen MR) is 261 cm³/mol. The van der Waals surface area contributed by atoms with Crippen molar-refractivity contribution in [1.82, 2.24) is 36.8 Å². The van der Waals surface area contributed by atoms with E-state index < -0.39 is 127 Å². The highest BCUT2D eigenvalue weighted by atomic mass is 33.1. The molecule has 386 valence electrons. The standard InChI is InChI=1S/C44H61N13O12S2/c45-26-21-70-71-22-32(42(67)57-17-5-9-33(57)41(66)52-28(43(68)69)8-4-16-50-44(48)49)56-40(65)31(20-35(47)60)55-37(62)27(14-15-34(46)59)51-38(63)30(18-23-6-2-1-3-7-23)54-39(64)29(53-36(26)61)19-24-10-12-25(58)13-11-24/h1-3,6-7,10-13,26-33,58H,4-5,8-9,14-22,45H2,(H2,46,59)(H2,47,60)(H,51,63)(H,52,66)(H,53,61)(H,54,64)(H,55,62)(H,56,65)(H,68,69)(H4,48,49,50). The van der Waals surface area contributed by atoms with Crippen LogP contribution in [0.2, 0.25) is 0 Å². The van der Waals surface area contributed by atoms with E-state index in [4.69, 9.17) is 28.7 Å². The third kappa shape index (κ3) is 18.6. The van der Waals surface area contributed by atoms with E-state index in [0.29, 0.717) is 17.5 Å². The third-order valence-electron chi connectivity index (χ3n) is 11.2. The number of aromatic hydroxyl groups is 1. The predicted octanol–water partition coefficient (Wildman–Crippen LogP) is -3.92. The minimum atomic E-state index is -1.78. The van der Waals surface area contributed by atoms with E-state index >= 15 is 0 Å². The topological polar surface area (TPSA) is 429 Å². The number of aliphatic carboxylic acids is 1. The average molecular weight is 1030 g/mol. The van der Waals surface area contributed by atoms with Gasteiger partial charge >= 0.3 is 5.97 Å². The van der Waals surface area contributed by atoms with Crippen LogP contribution in [-0.4, -0.2) is 153 Å². The van der Waals surface area contributed by atoms with Gasteiger partial charge in [-0.3, -0.25) is 48.1 Å². The van der Waals surface area contributed by atoms with Crippen molar-refractivity contribution in [3.63, 3.8) is 0 Å². The fourth-order valence-corrected chi connectivity index (χ4v) is 9.77. The number of hydrogen-bond acceptors (Lipinski definition) is 15. The smallest absolute Gasteiger partial charge is 0.326 e. The molecule has 8 atom stereocenters. The van der Waals surface area contributed by atoms with Crippen LogP contribution in [0.3, 0.4) is 0 Å². The van der Waals surface area contributed by atoms with Crippen molar-refractivity contribution >= 4 is 86.7 Å². The zero-order valence-electron chi connectivity index (χ0n) is 38.6. The van der Waals surface area contributed by atoms with Crippen molar-refractivity contribution < 1.29 is 58.2 Å². The molecule has 2 heterocycles. The number of likely N-dealkylation sites (tertiary alicyclic amines) is 1. The lowest BCUT2D eigenvalue weighted by Crippen LogP contribution is -2.61. The monoisotopic (exact) mass is 1030 g/mol. The molecule has 71 heavy (non-hydrogen) atoms. The van der Waals surface area contributed by atoms with Gasteiger partial charge in [0.05, 0.1) is 12.5 Å². The number of hydrogen-bond donors (Lipinski definition) is 13. The summed E-state index contributed by atoms with van der Waals surface area (Å²) in [6.45, 7) is 0.109. The average Bonchev–Trinajstić information content (AvgIpc) is 3.82. The molecule has 2 aromatic rings. The van der Waals surface area contributed by atoms with Crippen molar-refractivity contribution in [2.45, 2.75) is 106 Å². The number of aliphatic imine (C=N–C) groups is 1. The molecular formula is C44H61N13O12S2. The molecule has 2 fully saturated rings. The number of nitrogens with zero attached hydrogens (tertiary/aromatic N) is 2. The summed E-state index contributed by atoms with van der Waals surface area (Å²) in [5, 5.41) is 34.9.